The summed E-state index contributed by atoms with van der Waals surface area (Å²) in [4.78, 5) is 31.7. The molecule has 2 aromatic rings. The lowest BCUT2D eigenvalue weighted by molar-refractivity contribution is 0.0932. The van der Waals surface area contributed by atoms with E-state index in [2.05, 4.69) is 16.4 Å². The third-order valence-electron chi connectivity index (χ3n) is 4.14. The first kappa shape index (κ1) is 18.4. The zero-order valence-corrected chi connectivity index (χ0v) is 14.8. The van der Waals surface area contributed by atoms with Gasteiger partial charge >= 0.3 is 12.0 Å². The van der Waals surface area contributed by atoms with Crippen molar-refractivity contribution < 1.29 is 18.7 Å². The molecule has 0 saturated carbocycles. The summed E-state index contributed by atoms with van der Waals surface area (Å²) in [5.74, 6) is -0.395. The fourth-order valence-electron chi connectivity index (χ4n) is 2.73. The number of nitrogens with one attached hydrogen (secondary N) is 1. The van der Waals surface area contributed by atoms with Gasteiger partial charge in [0.05, 0.1) is 18.2 Å². The molecule has 1 saturated heterocycles. The molecule has 0 aliphatic carbocycles. The first-order valence-corrected chi connectivity index (χ1v) is 8.41. The number of hydrogen-bond acceptors (Lipinski definition) is 6. The minimum atomic E-state index is -0.395. The van der Waals surface area contributed by atoms with Crippen LogP contribution >= 0.6 is 0 Å². The number of nitriles is 1. The monoisotopic (exact) mass is 369 g/mol. The van der Waals surface area contributed by atoms with Gasteiger partial charge in [-0.1, -0.05) is 18.2 Å². The summed E-state index contributed by atoms with van der Waals surface area (Å²) in [6.07, 6.45) is 1.22. The summed E-state index contributed by atoms with van der Waals surface area (Å²) < 4.78 is 10.2. The van der Waals surface area contributed by atoms with Crippen LogP contribution in [0.15, 0.2) is 34.9 Å². The topological polar surface area (TPSA) is 112 Å². The van der Waals surface area contributed by atoms with E-state index in [4.69, 9.17) is 9.15 Å². The number of carbonyl (C=O) groups excluding carboxylic acids is 2. The van der Waals surface area contributed by atoms with E-state index in [0.717, 1.165) is 5.56 Å². The third-order valence-corrected chi connectivity index (χ3v) is 4.14. The molecule has 0 bridgehead atoms. The van der Waals surface area contributed by atoms with Gasteiger partial charge in [-0.05, 0) is 11.6 Å². The zero-order chi connectivity index (χ0) is 19.2. The van der Waals surface area contributed by atoms with Crippen molar-refractivity contribution in [2.45, 2.75) is 6.54 Å². The molecule has 0 unspecified atom stereocenters. The van der Waals surface area contributed by atoms with E-state index < -0.39 is 5.91 Å². The highest BCUT2D eigenvalue weighted by Crippen LogP contribution is 2.22. The molecule has 1 fully saturated rings. The second-order valence-corrected chi connectivity index (χ2v) is 5.89. The Labute approximate surface area is 156 Å². The number of methoxy groups -OCH3 is 1. The maximum absolute atomic E-state index is 12.7. The van der Waals surface area contributed by atoms with Crippen LogP contribution in [0.1, 0.15) is 21.6 Å². The van der Waals surface area contributed by atoms with E-state index in [1.807, 2.05) is 12.1 Å². The first-order chi connectivity index (χ1) is 13.1. The lowest BCUT2D eigenvalue weighted by Gasteiger charge is -2.17. The predicted octanol–water partition coefficient (Wildman–Crippen LogP) is 1.36. The Balaban J connectivity index is 1.65. The number of carbonyl (C=O) groups is 2. The summed E-state index contributed by atoms with van der Waals surface area (Å²) in [6, 6.07) is 9.08. The Morgan fingerprint density at radius 2 is 2.22 bits per heavy atom. The number of amides is 3. The molecule has 2 heterocycles. The Bertz CT molecular complexity index is 873. The van der Waals surface area contributed by atoms with Crippen LogP contribution in [0.4, 0.5) is 10.8 Å². The van der Waals surface area contributed by atoms with E-state index in [1.165, 1.54) is 11.2 Å². The number of anilines is 1. The number of rotatable bonds is 7. The molecule has 27 heavy (non-hydrogen) atoms. The Morgan fingerprint density at radius 3 is 3.00 bits per heavy atom. The van der Waals surface area contributed by atoms with Gasteiger partial charge in [-0.15, -0.1) is 0 Å². The smallest absolute Gasteiger partial charge is 0.328 e. The van der Waals surface area contributed by atoms with E-state index >= 15 is 0 Å². The van der Waals surface area contributed by atoms with Crippen LogP contribution < -0.4 is 10.2 Å². The molecule has 9 nitrogen and oxygen atoms in total. The molecule has 1 aromatic heterocycles. The average molecular weight is 369 g/mol. The number of nitrogens with zero attached hydrogens (tertiary/aromatic N) is 4. The number of oxazole rings is 1. The predicted molar refractivity (Wildman–Crippen MR) is 95.0 cm³/mol. The van der Waals surface area contributed by atoms with Crippen molar-refractivity contribution in [1.29, 1.82) is 5.26 Å². The van der Waals surface area contributed by atoms with Crippen LogP contribution in [0.3, 0.4) is 0 Å². The van der Waals surface area contributed by atoms with Gasteiger partial charge in [-0.2, -0.15) is 10.2 Å². The van der Waals surface area contributed by atoms with Gasteiger partial charge in [0.15, 0.2) is 5.69 Å². The molecule has 0 radical (unpaired) electrons. The summed E-state index contributed by atoms with van der Waals surface area (Å²) in [7, 11) is 1.54. The number of ether oxygens (including phenoxy) is 1. The standard InChI is InChI=1S/C18H19N5O4/c1-26-9-6-20-16(24)15-12-27-17(21-15)23-8-7-22(18(23)25)11-14-5-3-2-4-13(14)10-19/h2-5,12H,6-9,11H2,1H3,(H,20,24). The van der Waals surface area contributed by atoms with Gasteiger partial charge < -0.3 is 19.4 Å². The molecule has 1 aliphatic heterocycles. The minimum Gasteiger partial charge on any atom is -0.431 e. The molecular weight excluding hydrogens is 350 g/mol. The lowest BCUT2D eigenvalue weighted by atomic mass is 10.1. The van der Waals surface area contributed by atoms with Crippen LogP contribution in [0, 0.1) is 11.3 Å². The van der Waals surface area contributed by atoms with Crippen molar-refractivity contribution in [2.24, 2.45) is 0 Å². The molecule has 0 spiro atoms. The largest absolute Gasteiger partial charge is 0.431 e. The maximum atomic E-state index is 12.7. The van der Waals surface area contributed by atoms with Crippen molar-refractivity contribution in [1.82, 2.24) is 15.2 Å². The van der Waals surface area contributed by atoms with Gasteiger partial charge in [0.25, 0.3) is 5.91 Å². The SMILES string of the molecule is COCCNC(=O)c1coc(N2CCN(Cc3ccccc3C#N)C2=O)n1. The van der Waals surface area contributed by atoms with E-state index in [-0.39, 0.29) is 17.7 Å². The van der Waals surface area contributed by atoms with E-state index in [1.54, 1.807) is 24.1 Å². The van der Waals surface area contributed by atoms with Gasteiger partial charge in [0.1, 0.15) is 6.26 Å². The van der Waals surface area contributed by atoms with Gasteiger partial charge in [0.2, 0.25) is 0 Å². The minimum absolute atomic E-state index is 0.0768. The third kappa shape index (κ3) is 4.07. The van der Waals surface area contributed by atoms with Crippen LogP contribution in [0.2, 0.25) is 0 Å². The molecule has 9 heteroatoms. The van der Waals surface area contributed by atoms with Crippen LogP contribution in [-0.2, 0) is 11.3 Å². The summed E-state index contributed by atoms with van der Waals surface area (Å²) in [5.41, 5.74) is 1.41. The maximum Gasteiger partial charge on any atom is 0.328 e. The number of urea groups is 1. The molecule has 1 aliphatic rings. The summed E-state index contributed by atoms with van der Waals surface area (Å²) in [6.45, 7) is 1.92. The zero-order valence-electron chi connectivity index (χ0n) is 14.8. The molecular formula is C18H19N5O4. The first-order valence-electron chi connectivity index (χ1n) is 8.41. The Kier molecular flexibility index (Phi) is 5.68. The Morgan fingerprint density at radius 1 is 1.41 bits per heavy atom. The highest BCUT2D eigenvalue weighted by atomic mass is 16.5. The highest BCUT2D eigenvalue weighted by molar-refractivity contribution is 5.94. The molecule has 1 aromatic carbocycles. The quantitative estimate of drug-likeness (QED) is 0.738. The lowest BCUT2D eigenvalue weighted by Crippen LogP contribution is -2.32. The van der Waals surface area contributed by atoms with E-state index in [9.17, 15) is 14.9 Å². The number of aromatic nitrogens is 1. The van der Waals surface area contributed by atoms with Crippen LogP contribution in [0.5, 0.6) is 0 Å². The molecule has 140 valence electrons. The molecule has 3 rings (SSSR count). The van der Waals surface area contributed by atoms with Crippen LogP contribution in [0.25, 0.3) is 0 Å². The number of benzene rings is 1. The van der Waals surface area contributed by atoms with Gasteiger partial charge in [-0.3, -0.25) is 4.79 Å². The fraction of sp³-hybridized carbons (Fsp3) is 0.333. The van der Waals surface area contributed by atoms with Crippen molar-refractivity contribution in [3.8, 4) is 6.07 Å². The summed E-state index contributed by atoms with van der Waals surface area (Å²) >= 11 is 0. The molecule has 0 atom stereocenters. The van der Waals surface area contributed by atoms with E-state index in [0.29, 0.717) is 38.3 Å². The normalized spacial score (nSPS) is 13.7. The second kappa shape index (κ2) is 8.33. The summed E-state index contributed by atoms with van der Waals surface area (Å²) in [5, 5.41) is 11.8. The number of hydrogen-bond donors (Lipinski definition) is 1. The van der Waals surface area contributed by atoms with Crippen LogP contribution in [-0.4, -0.2) is 55.2 Å². The molecule has 1 N–H and O–H groups in total. The van der Waals surface area contributed by atoms with Crippen molar-refractivity contribution in [3.05, 3.63) is 47.3 Å². The Hall–Kier alpha value is -3.38. The second-order valence-electron chi connectivity index (χ2n) is 5.89. The van der Waals surface area contributed by atoms with Gasteiger partial charge in [-0.25, -0.2) is 9.69 Å². The average Bonchev–Trinajstić information content (AvgIpc) is 3.30. The van der Waals surface area contributed by atoms with Crippen molar-refractivity contribution >= 4 is 18.0 Å². The van der Waals surface area contributed by atoms with Crippen molar-refractivity contribution in [2.75, 3.05) is 38.3 Å². The highest BCUT2D eigenvalue weighted by Gasteiger charge is 2.33. The van der Waals surface area contributed by atoms with Gasteiger partial charge in [0, 0.05) is 33.3 Å². The van der Waals surface area contributed by atoms with Crippen molar-refractivity contribution in [3.63, 3.8) is 0 Å². The fourth-order valence-corrected chi connectivity index (χ4v) is 2.73. The molecule has 3 amide bonds.